The molecule has 0 N–H and O–H groups in total. The zero-order valence-electron chi connectivity index (χ0n) is 22.4. The summed E-state index contributed by atoms with van der Waals surface area (Å²) in [6.07, 6.45) is 1.64. The molecule has 0 amide bonds. The topological polar surface area (TPSA) is 52.6 Å². The van der Waals surface area contributed by atoms with Crippen molar-refractivity contribution < 1.29 is 19.1 Å². The second-order valence-electron chi connectivity index (χ2n) is 9.90. The summed E-state index contributed by atoms with van der Waals surface area (Å²) < 4.78 is 12.2. The first-order valence-electron chi connectivity index (χ1n) is 13.3. The van der Waals surface area contributed by atoms with Crippen LogP contribution in [-0.4, -0.2) is 12.6 Å². The van der Waals surface area contributed by atoms with Crippen LogP contribution in [0.4, 0.5) is 0 Å². The van der Waals surface area contributed by atoms with Gasteiger partial charge >= 0.3 is 0 Å². The Bertz CT molecular complexity index is 1820. The Labute approximate surface area is 253 Å². The highest BCUT2D eigenvalue weighted by molar-refractivity contribution is 6.30. The van der Waals surface area contributed by atoms with E-state index in [2.05, 4.69) is 0 Å². The van der Waals surface area contributed by atoms with E-state index in [-0.39, 0.29) is 0 Å². The maximum atomic E-state index is 12.4. The van der Waals surface area contributed by atoms with E-state index in [1.807, 2.05) is 97.1 Å². The molecular formula is C36H24Cl2O4. The third-order valence-corrected chi connectivity index (χ3v) is 7.61. The van der Waals surface area contributed by atoms with Crippen LogP contribution in [0.5, 0.6) is 11.5 Å². The van der Waals surface area contributed by atoms with Gasteiger partial charge in [0.2, 0.25) is 0 Å². The van der Waals surface area contributed by atoms with Crippen molar-refractivity contribution in [2.24, 2.45) is 0 Å². The molecule has 0 aliphatic carbocycles. The molecular weight excluding hydrogens is 567 g/mol. The van der Waals surface area contributed by atoms with E-state index in [0.717, 1.165) is 45.2 Å². The van der Waals surface area contributed by atoms with Crippen LogP contribution in [0.2, 0.25) is 10.0 Å². The number of hydrogen-bond acceptors (Lipinski definition) is 4. The van der Waals surface area contributed by atoms with Crippen molar-refractivity contribution in [3.8, 4) is 22.6 Å². The molecule has 0 spiro atoms. The fraction of sp³-hybridized carbons (Fsp3) is 0.0556. The highest BCUT2D eigenvalue weighted by Crippen LogP contribution is 2.40. The molecule has 0 radical (unpaired) electrons. The maximum Gasteiger partial charge on any atom is 0.150 e. The van der Waals surface area contributed by atoms with Crippen LogP contribution in [-0.2, 0) is 13.2 Å². The number of carbonyl (C=O) groups excluding carboxylic acids is 2. The van der Waals surface area contributed by atoms with Gasteiger partial charge in [0.25, 0.3) is 0 Å². The van der Waals surface area contributed by atoms with Crippen molar-refractivity contribution in [2.75, 3.05) is 0 Å². The Morgan fingerprint density at radius 1 is 0.524 bits per heavy atom. The van der Waals surface area contributed by atoms with Crippen molar-refractivity contribution >= 4 is 57.3 Å². The molecule has 0 saturated carbocycles. The summed E-state index contributed by atoms with van der Waals surface area (Å²) in [5.41, 5.74) is 4.13. The quantitative estimate of drug-likeness (QED) is 0.157. The van der Waals surface area contributed by atoms with Crippen molar-refractivity contribution in [1.29, 1.82) is 0 Å². The molecule has 0 saturated heterocycles. The largest absolute Gasteiger partial charge is 0.489 e. The highest BCUT2D eigenvalue weighted by atomic mass is 35.5. The number of fused-ring (bicyclic) bond motifs is 2. The standard InChI is InChI=1S/C36H24Cl2O4/c37-29-5-1-3-23(15-29)21-41-31-13-11-25-7-9-27(19-39)35(33(25)17-31)36-28(20-40)10-8-26-12-14-32(18-34(26)36)42-22-24-4-2-6-30(38)16-24/h1-20H,21-22H2. The molecule has 6 heteroatoms. The molecule has 0 aliphatic heterocycles. The van der Waals surface area contributed by atoms with Gasteiger partial charge in [-0.25, -0.2) is 0 Å². The van der Waals surface area contributed by atoms with Crippen LogP contribution in [0.1, 0.15) is 31.8 Å². The van der Waals surface area contributed by atoms with Gasteiger partial charge < -0.3 is 9.47 Å². The van der Waals surface area contributed by atoms with Gasteiger partial charge in [0.05, 0.1) is 0 Å². The maximum absolute atomic E-state index is 12.4. The molecule has 0 aliphatic rings. The lowest BCUT2D eigenvalue weighted by Gasteiger charge is -2.17. The Balaban J connectivity index is 1.46. The number of ether oxygens (including phenoxy) is 2. The minimum atomic E-state index is 0.329. The Morgan fingerprint density at radius 2 is 0.952 bits per heavy atom. The summed E-state index contributed by atoms with van der Waals surface area (Å²) in [6, 6.07) is 33.9. The number of aldehydes is 2. The van der Waals surface area contributed by atoms with Crippen LogP contribution in [0.25, 0.3) is 32.7 Å². The molecule has 42 heavy (non-hydrogen) atoms. The van der Waals surface area contributed by atoms with Gasteiger partial charge in [0.15, 0.2) is 12.6 Å². The first kappa shape index (κ1) is 27.5. The van der Waals surface area contributed by atoms with Crippen LogP contribution >= 0.6 is 23.2 Å². The summed E-state index contributed by atoms with van der Waals surface area (Å²) in [5.74, 6) is 1.26. The first-order valence-corrected chi connectivity index (χ1v) is 14.1. The summed E-state index contributed by atoms with van der Waals surface area (Å²) in [6.45, 7) is 0.659. The lowest BCUT2D eigenvalue weighted by Crippen LogP contribution is -1.99. The van der Waals surface area contributed by atoms with Gasteiger partial charge in [-0.2, -0.15) is 0 Å². The predicted molar refractivity (Wildman–Crippen MR) is 169 cm³/mol. The molecule has 6 aromatic rings. The van der Waals surface area contributed by atoms with Crippen LogP contribution in [0, 0.1) is 0 Å². The van der Waals surface area contributed by atoms with E-state index < -0.39 is 0 Å². The van der Waals surface area contributed by atoms with E-state index >= 15 is 0 Å². The molecule has 4 nitrogen and oxygen atoms in total. The molecule has 6 rings (SSSR count). The third-order valence-electron chi connectivity index (χ3n) is 7.14. The summed E-state index contributed by atoms with van der Waals surface area (Å²) in [4.78, 5) is 24.8. The molecule has 206 valence electrons. The Hall–Kier alpha value is -4.64. The smallest absolute Gasteiger partial charge is 0.150 e. The Morgan fingerprint density at radius 3 is 1.36 bits per heavy atom. The van der Waals surface area contributed by atoms with Crippen molar-refractivity contribution in [3.63, 3.8) is 0 Å². The minimum absolute atomic E-state index is 0.329. The zero-order valence-corrected chi connectivity index (χ0v) is 23.9. The van der Waals surface area contributed by atoms with E-state index in [4.69, 9.17) is 32.7 Å². The number of rotatable bonds is 9. The fourth-order valence-electron chi connectivity index (χ4n) is 5.15. The molecule has 0 atom stereocenters. The number of benzene rings is 6. The average Bonchev–Trinajstić information content (AvgIpc) is 3.01. The van der Waals surface area contributed by atoms with E-state index in [9.17, 15) is 9.59 Å². The number of carbonyl (C=O) groups is 2. The van der Waals surface area contributed by atoms with Crippen LogP contribution in [0.3, 0.4) is 0 Å². The fourth-order valence-corrected chi connectivity index (χ4v) is 5.58. The van der Waals surface area contributed by atoms with Gasteiger partial charge in [-0.3, -0.25) is 9.59 Å². The van der Waals surface area contributed by atoms with Crippen molar-refractivity contribution in [1.82, 2.24) is 0 Å². The minimum Gasteiger partial charge on any atom is -0.489 e. The zero-order chi connectivity index (χ0) is 29.1. The molecule has 0 bridgehead atoms. The summed E-state index contributed by atoms with van der Waals surface area (Å²) in [5, 5.41) is 4.69. The van der Waals surface area contributed by atoms with Gasteiger partial charge in [-0.05, 0) is 81.2 Å². The van der Waals surface area contributed by atoms with E-state index in [1.54, 1.807) is 12.1 Å². The highest BCUT2D eigenvalue weighted by Gasteiger charge is 2.18. The second kappa shape index (κ2) is 12.1. The summed E-state index contributed by atoms with van der Waals surface area (Å²) >= 11 is 12.3. The molecule has 0 fully saturated rings. The Kier molecular flexibility index (Phi) is 7.91. The van der Waals surface area contributed by atoms with Gasteiger partial charge in [-0.1, -0.05) is 83.9 Å². The van der Waals surface area contributed by atoms with Gasteiger partial charge in [-0.15, -0.1) is 0 Å². The van der Waals surface area contributed by atoms with E-state index in [0.29, 0.717) is 57.0 Å². The van der Waals surface area contributed by atoms with Crippen LogP contribution in [0.15, 0.2) is 109 Å². The van der Waals surface area contributed by atoms with Gasteiger partial charge in [0.1, 0.15) is 24.7 Å². The normalized spacial score (nSPS) is 11.0. The van der Waals surface area contributed by atoms with Crippen molar-refractivity contribution in [3.05, 3.63) is 141 Å². The molecule has 0 unspecified atom stereocenters. The average molecular weight is 591 g/mol. The monoisotopic (exact) mass is 590 g/mol. The molecule has 0 aromatic heterocycles. The van der Waals surface area contributed by atoms with E-state index in [1.165, 1.54) is 0 Å². The molecule has 6 aromatic carbocycles. The SMILES string of the molecule is O=Cc1ccc2ccc(OCc3cccc(Cl)c3)cc2c1-c1c(C=O)ccc2ccc(OCc3cccc(Cl)c3)cc12. The lowest BCUT2D eigenvalue weighted by atomic mass is 9.87. The number of hydrogen-bond donors (Lipinski definition) is 0. The summed E-state index contributed by atoms with van der Waals surface area (Å²) in [7, 11) is 0. The predicted octanol–water partition coefficient (Wildman–Crippen LogP) is 9.75. The molecule has 0 heterocycles. The second-order valence-corrected chi connectivity index (χ2v) is 10.8. The third kappa shape index (κ3) is 5.73. The van der Waals surface area contributed by atoms with Crippen molar-refractivity contribution in [2.45, 2.75) is 13.2 Å². The lowest BCUT2D eigenvalue weighted by molar-refractivity contribution is 0.111. The number of halogens is 2. The van der Waals surface area contributed by atoms with Gasteiger partial charge in [0, 0.05) is 32.3 Å². The first-order chi connectivity index (χ1) is 20.5. The van der Waals surface area contributed by atoms with Crippen LogP contribution < -0.4 is 9.47 Å².